The van der Waals surface area contributed by atoms with Gasteiger partial charge in [0, 0.05) is 18.3 Å². The quantitative estimate of drug-likeness (QED) is 0.146. The first-order chi connectivity index (χ1) is 19.2. The minimum atomic E-state index is -1.72. The van der Waals surface area contributed by atoms with Crippen LogP contribution in [0.4, 0.5) is 10.5 Å². The molecule has 0 saturated heterocycles. The molecule has 41 heavy (non-hydrogen) atoms. The maximum atomic E-state index is 12.4. The molecule has 1 heterocycles. The molecule has 3 rings (SSSR count). The first kappa shape index (κ1) is 33.0. The topological polar surface area (TPSA) is 79.4 Å². The Labute approximate surface area is 250 Å². The lowest BCUT2D eigenvalue weighted by Crippen LogP contribution is -2.41. The van der Waals surface area contributed by atoms with Gasteiger partial charge in [-0.3, -0.25) is 4.90 Å². The number of benzene rings is 2. The van der Waals surface area contributed by atoms with Gasteiger partial charge in [-0.05, 0) is 81.4 Å². The van der Waals surface area contributed by atoms with Gasteiger partial charge in [0.25, 0.3) is 0 Å². The number of carbonyl (C=O) groups is 1. The maximum absolute atomic E-state index is 12.4. The van der Waals surface area contributed by atoms with Gasteiger partial charge in [-0.1, -0.05) is 20.8 Å². The van der Waals surface area contributed by atoms with Crippen LogP contribution in [-0.4, -0.2) is 71.7 Å². The van der Waals surface area contributed by atoms with Gasteiger partial charge in [-0.25, -0.2) is 9.78 Å². The Bertz CT molecular complexity index is 1260. The second-order valence-corrected chi connectivity index (χ2v) is 18.3. The number of hydrogen-bond donors (Lipinski definition) is 0. The minimum absolute atomic E-state index is 0.207. The maximum Gasteiger partial charge on any atom is 0.414 e. The fourth-order valence-electron chi connectivity index (χ4n) is 3.49. The number of hydrogen-bond acceptors (Lipinski definition) is 8. The molecule has 0 N–H and O–H groups in total. The average Bonchev–Trinajstić information content (AvgIpc) is 3.31. The van der Waals surface area contributed by atoms with Crippen LogP contribution in [0, 0.1) is 0 Å². The third-order valence-corrected chi connectivity index (χ3v) is 12.5. The third-order valence-electron chi connectivity index (χ3n) is 6.89. The van der Waals surface area contributed by atoms with E-state index in [0.29, 0.717) is 39.6 Å². The number of thiazole rings is 1. The number of rotatable bonds is 13. The van der Waals surface area contributed by atoms with Crippen LogP contribution in [0.15, 0.2) is 42.5 Å². The molecule has 226 valence electrons. The summed E-state index contributed by atoms with van der Waals surface area (Å²) < 4.78 is 29.8. The van der Waals surface area contributed by atoms with Crippen LogP contribution in [0.5, 0.6) is 5.75 Å². The molecule has 2 aromatic carbocycles. The SMILES string of the molecule is CN(C(=O)OC(C)(C)C)c1ccc(-c2nc3ccc(OCCOCCOCCO[Si](C)(C)C(C)(C)C)cc3s2)cc1. The van der Waals surface area contributed by atoms with Gasteiger partial charge in [0.2, 0.25) is 0 Å². The third kappa shape index (κ3) is 10.1. The van der Waals surface area contributed by atoms with Gasteiger partial charge < -0.3 is 23.4 Å². The van der Waals surface area contributed by atoms with Crippen molar-refractivity contribution in [1.29, 1.82) is 0 Å². The Morgan fingerprint density at radius 3 is 2.10 bits per heavy atom. The van der Waals surface area contributed by atoms with Gasteiger partial charge >= 0.3 is 6.09 Å². The summed E-state index contributed by atoms with van der Waals surface area (Å²) in [7, 11) is -0.0163. The van der Waals surface area contributed by atoms with Gasteiger partial charge in [0.1, 0.15) is 23.0 Å². The minimum Gasteiger partial charge on any atom is -0.491 e. The predicted octanol–water partition coefficient (Wildman–Crippen LogP) is 7.77. The fourth-order valence-corrected chi connectivity index (χ4v) is 5.52. The number of anilines is 1. The molecule has 1 aromatic heterocycles. The molecule has 0 saturated carbocycles. The largest absolute Gasteiger partial charge is 0.491 e. The number of ether oxygens (including phenoxy) is 4. The summed E-state index contributed by atoms with van der Waals surface area (Å²) in [5, 5.41) is 1.11. The van der Waals surface area contributed by atoms with Crippen LogP contribution in [0.1, 0.15) is 41.5 Å². The molecule has 0 aliphatic heterocycles. The van der Waals surface area contributed by atoms with Crippen molar-refractivity contribution in [2.24, 2.45) is 0 Å². The Morgan fingerprint density at radius 1 is 0.878 bits per heavy atom. The zero-order valence-corrected chi connectivity index (χ0v) is 27.9. The van der Waals surface area contributed by atoms with E-state index in [-0.39, 0.29) is 11.1 Å². The van der Waals surface area contributed by atoms with Crippen molar-refractivity contribution in [2.75, 3.05) is 51.6 Å². The highest BCUT2D eigenvalue weighted by molar-refractivity contribution is 7.21. The summed E-state index contributed by atoms with van der Waals surface area (Å²) in [5.74, 6) is 0.782. The van der Waals surface area contributed by atoms with Gasteiger partial charge in [-0.2, -0.15) is 0 Å². The Morgan fingerprint density at radius 2 is 1.49 bits per heavy atom. The molecule has 3 aromatic rings. The number of carbonyl (C=O) groups excluding carboxylic acids is 1. The summed E-state index contributed by atoms with van der Waals surface area (Å²) in [6, 6.07) is 13.6. The van der Waals surface area contributed by atoms with Crippen molar-refractivity contribution < 1.29 is 28.2 Å². The summed E-state index contributed by atoms with van der Waals surface area (Å²) in [4.78, 5) is 18.6. The summed E-state index contributed by atoms with van der Waals surface area (Å²) >= 11 is 1.60. The molecule has 0 bridgehead atoms. The molecule has 0 atom stereocenters. The highest BCUT2D eigenvalue weighted by atomic mass is 32.1. The first-order valence-corrected chi connectivity index (χ1v) is 17.8. The zero-order valence-electron chi connectivity index (χ0n) is 26.0. The summed E-state index contributed by atoms with van der Waals surface area (Å²) in [6.45, 7) is 20.0. The number of fused-ring (bicyclic) bond motifs is 1. The molecule has 0 fully saturated rings. The standard InChI is InChI=1S/C31H46N2O6SSi/c1-30(2,3)39-29(34)33(7)24-12-10-23(11-13-24)28-32-26-15-14-25(22-27(26)40-28)37-20-18-35-16-17-36-19-21-38-41(8,9)31(4,5)6/h10-15,22H,16-21H2,1-9H3. The summed E-state index contributed by atoms with van der Waals surface area (Å²) in [6.07, 6.45) is -0.390. The molecule has 10 heteroatoms. The second kappa shape index (κ2) is 14.1. The van der Waals surface area contributed by atoms with Crippen LogP contribution >= 0.6 is 11.3 Å². The van der Waals surface area contributed by atoms with Crippen LogP contribution in [0.25, 0.3) is 20.8 Å². The first-order valence-electron chi connectivity index (χ1n) is 14.1. The van der Waals surface area contributed by atoms with Crippen LogP contribution in [0.2, 0.25) is 18.1 Å². The molecule has 1 amide bonds. The monoisotopic (exact) mass is 602 g/mol. The van der Waals surface area contributed by atoms with E-state index in [0.717, 1.165) is 32.2 Å². The van der Waals surface area contributed by atoms with Crippen molar-refractivity contribution in [3.63, 3.8) is 0 Å². The normalized spacial score (nSPS) is 12.5. The number of aromatic nitrogens is 1. The van der Waals surface area contributed by atoms with Crippen molar-refractivity contribution in [1.82, 2.24) is 4.98 Å². The van der Waals surface area contributed by atoms with Gasteiger partial charge in [0.05, 0.1) is 43.3 Å². The van der Waals surface area contributed by atoms with E-state index < -0.39 is 13.9 Å². The molecule has 0 radical (unpaired) electrons. The van der Waals surface area contributed by atoms with Crippen molar-refractivity contribution in [3.05, 3.63) is 42.5 Å². The average molecular weight is 603 g/mol. The van der Waals surface area contributed by atoms with Crippen molar-refractivity contribution in [2.45, 2.75) is 65.3 Å². The van der Waals surface area contributed by atoms with Gasteiger partial charge in [0.15, 0.2) is 8.32 Å². The second-order valence-electron chi connectivity index (χ2n) is 12.4. The van der Waals surface area contributed by atoms with Crippen LogP contribution in [-0.2, 0) is 18.6 Å². The van der Waals surface area contributed by atoms with Crippen molar-refractivity contribution in [3.8, 4) is 16.3 Å². The Hall–Kier alpha value is -2.50. The zero-order chi connectivity index (χ0) is 30.3. The van der Waals surface area contributed by atoms with Crippen molar-refractivity contribution >= 4 is 41.7 Å². The fraction of sp³-hybridized carbons (Fsp3) is 0.548. The van der Waals surface area contributed by atoms with E-state index in [9.17, 15) is 4.79 Å². The van der Waals surface area contributed by atoms with E-state index in [1.165, 1.54) is 4.90 Å². The highest BCUT2D eigenvalue weighted by Gasteiger charge is 2.36. The molecule has 0 unspecified atom stereocenters. The lowest BCUT2D eigenvalue weighted by atomic mass is 10.2. The van der Waals surface area contributed by atoms with E-state index in [4.69, 9.17) is 28.4 Å². The van der Waals surface area contributed by atoms with Crippen LogP contribution in [0.3, 0.4) is 0 Å². The lowest BCUT2D eigenvalue weighted by molar-refractivity contribution is 0.0260. The lowest BCUT2D eigenvalue weighted by Gasteiger charge is -2.36. The van der Waals surface area contributed by atoms with Gasteiger partial charge in [-0.15, -0.1) is 11.3 Å². The summed E-state index contributed by atoms with van der Waals surface area (Å²) in [5.41, 5.74) is 2.11. The molecular formula is C31H46N2O6SSi. The smallest absolute Gasteiger partial charge is 0.414 e. The van der Waals surface area contributed by atoms with E-state index in [1.807, 2.05) is 63.2 Å². The van der Waals surface area contributed by atoms with E-state index in [2.05, 4.69) is 33.9 Å². The molecule has 0 aliphatic carbocycles. The predicted molar refractivity (Wildman–Crippen MR) is 170 cm³/mol. The number of amides is 1. The molecule has 0 aliphatic rings. The van der Waals surface area contributed by atoms with E-state index in [1.54, 1.807) is 18.4 Å². The highest BCUT2D eigenvalue weighted by Crippen LogP contribution is 2.36. The molecule has 8 nitrogen and oxygen atoms in total. The van der Waals surface area contributed by atoms with Crippen LogP contribution < -0.4 is 9.64 Å². The number of nitrogens with zero attached hydrogens (tertiary/aromatic N) is 2. The van der Waals surface area contributed by atoms with E-state index >= 15 is 0 Å². The molecular weight excluding hydrogens is 557 g/mol. The molecule has 0 spiro atoms. The Kier molecular flexibility index (Phi) is 11.4. The Balaban J connectivity index is 1.40.